The van der Waals surface area contributed by atoms with Crippen LogP contribution in [0.1, 0.15) is 13.3 Å². The van der Waals surface area contributed by atoms with Crippen molar-refractivity contribution < 1.29 is 0 Å². The molecule has 1 N–H and O–H groups in total. The van der Waals surface area contributed by atoms with Gasteiger partial charge in [-0.15, -0.1) is 0 Å². The van der Waals surface area contributed by atoms with Gasteiger partial charge < -0.3 is 0 Å². The first-order chi connectivity index (χ1) is 7.90. The van der Waals surface area contributed by atoms with Gasteiger partial charge in [0.25, 0.3) is 0 Å². The number of para-hydroxylation sites is 1. The number of anilines is 1. The second kappa shape index (κ2) is 5.35. The minimum atomic E-state index is 0.765. The zero-order chi connectivity index (χ0) is 11.2. The molecule has 0 aromatic heterocycles. The first kappa shape index (κ1) is 10.7. The van der Waals surface area contributed by atoms with Crippen molar-refractivity contribution in [1.82, 2.24) is 5.43 Å². The monoisotopic (exact) mass is 215 g/mol. The second-order valence-electron chi connectivity index (χ2n) is 3.71. The number of nitrogens with zero attached hydrogens (tertiary/aromatic N) is 2. The summed E-state index contributed by atoms with van der Waals surface area (Å²) in [7, 11) is 0. The summed E-state index contributed by atoms with van der Waals surface area (Å²) < 4.78 is 0. The van der Waals surface area contributed by atoms with Crippen LogP contribution in [0.15, 0.2) is 47.5 Å². The average Bonchev–Trinajstić information content (AvgIpc) is 2.79. The zero-order valence-electron chi connectivity index (χ0n) is 9.56. The lowest BCUT2D eigenvalue weighted by atomic mass is 10.3. The van der Waals surface area contributed by atoms with Gasteiger partial charge in [0.1, 0.15) is 5.84 Å². The van der Waals surface area contributed by atoms with E-state index >= 15 is 0 Å². The molecule has 2 rings (SSSR count). The van der Waals surface area contributed by atoms with E-state index in [4.69, 9.17) is 0 Å². The molecule has 0 amide bonds. The van der Waals surface area contributed by atoms with Crippen molar-refractivity contribution in [3.8, 4) is 0 Å². The van der Waals surface area contributed by atoms with E-state index in [9.17, 15) is 0 Å². The Morgan fingerprint density at radius 2 is 2.19 bits per heavy atom. The van der Waals surface area contributed by atoms with Crippen molar-refractivity contribution in [2.24, 2.45) is 4.99 Å². The van der Waals surface area contributed by atoms with Crippen LogP contribution < -0.4 is 10.4 Å². The summed E-state index contributed by atoms with van der Waals surface area (Å²) in [5.74, 6) is 1.07. The molecule has 1 heterocycles. The van der Waals surface area contributed by atoms with Gasteiger partial charge in [-0.1, -0.05) is 30.4 Å². The number of nitrogens with one attached hydrogen (secondary N) is 1. The lowest BCUT2D eigenvalue weighted by molar-refractivity contribution is 0.857. The largest absolute Gasteiger partial charge is 0.286 e. The smallest absolute Gasteiger partial charge is 0.117 e. The van der Waals surface area contributed by atoms with Gasteiger partial charge in [0, 0.05) is 13.0 Å². The Morgan fingerprint density at radius 1 is 1.38 bits per heavy atom. The first-order valence-corrected chi connectivity index (χ1v) is 5.64. The number of aliphatic imine (C=N–C) groups is 1. The maximum absolute atomic E-state index is 4.47. The number of rotatable bonds is 3. The minimum Gasteiger partial charge on any atom is -0.286 e. The molecule has 1 fully saturated rings. The van der Waals surface area contributed by atoms with E-state index < -0.39 is 0 Å². The molecular formula is C13H17N3. The van der Waals surface area contributed by atoms with E-state index in [0.29, 0.717) is 0 Å². The molecule has 84 valence electrons. The Bertz CT molecular complexity index is 381. The van der Waals surface area contributed by atoms with E-state index in [1.807, 2.05) is 31.2 Å². The van der Waals surface area contributed by atoms with Crippen molar-refractivity contribution in [3.05, 3.63) is 42.5 Å². The second-order valence-corrected chi connectivity index (χ2v) is 3.71. The summed E-state index contributed by atoms with van der Waals surface area (Å²) in [5, 5.41) is 2.13. The van der Waals surface area contributed by atoms with E-state index in [-0.39, 0.29) is 0 Å². The summed E-state index contributed by atoms with van der Waals surface area (Å²) in [6.07, 6.45) is 5.07. The number of hydrogen-bond donors (Lipinski definition) is 1. The lowest BCUT2D eigenvalue weighted by Crippen LogP contribution is -2.33. The van der Waals surface area contributed by atoms with Crippen molar-refractivity contribution in [1.29, 1.82) is 0 Å². The van der Waals surface area contributed by atoms with Crippen molar-refractivity contribution in [3.63, 3.8) is 0 Å². The lowest BCUT2D eigenvalue weighted by Gasteiger charge is -2.17. The van der Waals surface area contributed by atoms with Gasteiger partial charge in [0.05, 0.1) is 12.2 Å². The zero-order valence-corrected chi connectivity index (χ0v) is 9.56. The molecule has 16 heavy (non-hydrogen) atoms. The highest BCUT2D eigenvalue weighted by atomic mass is 15.5. The van der Waals surface area contributed by atoms with Gasteiger partial charge in [-0.3, -0.25) is 15.4 Å². The normalized spacial score (nSPS) is 18.3. The molecule has 0 aliphatic carbocycles. The molecule has 0 unspecified atom stereocenters. The third kappa shape index (κ3) is 2.63. The molecule has 0 spiro atoms. The molecule has 0 saturated carbocycles. The SMILES string of the molecule is C/C=C/CN=C1CCN(c2ccccc2)N1. The molecule has 1 aliphatic rings. The molecule has 1 aliphatic heterocycles. The number of amidine groups is 1. The molecule has 3 heteroatoms. The van der Waals surface area contributed by atoms with Crippen LogP contribution in [-0.2, 0) is 0 Å². The van der Waals surface area contributed by atoms with Crippen molar-refractivity contribution in [2.75, 3.05) is 18.1 Å². The first-order valence-electron chi connectivity index (χ1n) is 5.64. The van der Waals surface area contributed by atoms with Crippen molar-refractivity contribution in [2.45, 2.75) is 13.3 Å². The van der Waals surface area contributed by atoms with Gasteiger partial charge in [0.15, 0.2) is 0 Å². The van der Waals surface area contributed by atoms with Crippen molar-refractivity contribution >= 4 is 11.5 Å². The number of benzene rings is 1. The maximum atomic E-state index is 4.47. The van der Waals surface area contributed by atoms with Crippen LogP contribution in [0.3, 0.4) is 0 Å². The van der Waals surface area contributed by atoms with Gasteiger partial charge in [-0.25, -0.2) is 0 Å². The van der Waals surface area contributed by atoms with E-state index in [2.05, 4.69) is 33.6 Å². The number of hydrazine groups is 1. The Balaban J connectivity index is 1.96. The molecule has 3 nitrogen and oxygen atoms in total. The molecule has 1 aromatic carbocycles. The average molecular weight is 215 g/mol. The Hall–Kier alpha value is -1.77. The molecule has 0 bridgehead atoms. The predicted molar refractivity (Wildman–Crippen MR) is 68.7 cm³/mol. The third-order valence-corrected chi connectivity index (χ3v) is 2.53. The third-order valence-electron chi connectivity index (χ3n) is 2.53. The molecule has 1 aromatic rings. The van der Waals surface area contributed by atoms with Crippen LogP contribution in [0.25, 0.3) is 0 Å². The van der Waals surface area contributed by atoms with Crippen LogP contribution in [0.2, 0.25) is 0 Å². The summed E-state index contributed by atoms with van der Waals surface area (Å²) in [5.41, 5.74) is 4.51. The van der Waals surface area contributed by atoms with E-state index in [1.165, 1.54) is 5.69 Å². The van der Waals surface area contributed by atoms with Crippen LogP contribution in [0, 0.1) is 0 Å². The van der Waals surface area contributed by atoms with Crippen LogP contribution >= 0.6 is 0 Å². The summed E-state index contributed by atoms with van der Waals surface area (Å²) in [4.78, 5) is 4.47. The highest BCUT2D eigenvalue weighted by Crippen LogP contribution is 2.14. The van der Waals surface area contributed by atoms with Gasteiger partial charge in [0.2, 0.25) is 0 Å². The molecular weight excluding hydrogens is 198 g/mol. The summed E-state index contributed by atoms with van der Waals surface area (Å²) in [6.45, 7) is 3.76. The molecule has 1 saturated heterocycles. The number of hydrogen-bond acceptors (Lipinski definition) is 2. The number of allylic oxidation sites excluding steroid dienone is 1. The highest BCUT2D eigenvalue weighted by molar-refractivity contribution is 5.86. The van der Waals surface area contributed by atoms with E-state index in [0.717, 1.165) is 25.3 Å². The predicted octanol–water partition coefficient (Wildman–Crippen LogP) is 2.38. The standard InChI is InChI=1S/C13H17N3/c1-2-3-10-14-13-9-11-16(15-13)12-7-5-4-6-8-12/h2-8H,9-11H2,1H3,(H,14,15)/b3-2+. The highest BCUT2D eigenvalue weighted by Gasteiger charge is 2.16. The van der Waals surface area contributed by atoms with Crippen LogP contribution in [-0.4, -0.2) is 18.9 Å². The fourth-order valence-corrected chi connectivity index (χ4v) is 1.67. The topological polar surface area (TPSA) is 27.6 Å². The molecule has 0 atom stereocenters. The van der Waals surface area contributed by atoms with Crippen LogP contribution in [0.4, 0.5) is 5.69 Å². The maximum Gasteiger partial charge on any atom is 0.117 e. The van der Waals surface area contributed by atoms with Gasteiger partial charge in [-0.05, 0) is 19.1 Å². The Kier molecular flexibility index (Phi) is 3.59. The Morgan fingerprint density at radius 3 is 2.94 bits per heavy atom. The van der Waals surface area contributed by atoms with Gasteiger partial charge in [-0.2, -0.15) is 0 Å². The quantitative estimate of drug-likeness (QED) is 0.784. The minimum absolute atomic E-state index is 0.765. The summed E-state index contributed by atoms with van der Waals surface area (Å²) in [6, 6.07) is 10.3. The fraction of sp³-hybridized carbons (Fsp3) is 0.308. The molecule has 0 radical (unpaired) electrons. The van der Waals surface area contributed by atoms with Gasteiger partial charge >= 0.3 is 0 Å². The fourth-order valence-electron chi connectivity index (χ4n) is 1.67. The van der Waals surface area contributed by atoms with E-state index in [1.54, 1.807) is 0 Å². The van der Waals surface area contributed by atoms with Crippen LogP contribution in [0.5, 0.6) is 0 Å². The Labute approximate surface area is 96.5 Å². The summed E-state index contributed by atoms with van der Waals surface area (Å²) >= 11 is 0.